The average Bonchev–Trinajstić information content (AvgIpc) is 3.44. The number of nitrogens with one attached hydrogen (secondary N) is 1. The molecule has 4 aromatic rings. The molecule has 2 aliphatic heterocycles. The third-order valence-corrected chi connectivity index (χ3v) is 9.31. The number of rotatable bonds is 8. The Kier molecular flexibility index (Phi) is 9.12. The van der Waals surface area contributed by atoms with E-state index in [9.17, 15) is 27.6 Å². The number of likely N-dealkylation sites (tertiary alicyclic amines) is 1. The van der Waals surface area contributed by atoms with Gasteiger partial charge in [-0.3, -0.25) is 23.6 Å². The molecule has 1 spiro atoms. The van der Waals surface area contributed by atoms with E-state index in [1.807, 2.05) is 18.2 Å². The lowest BCUT2D eigenvalue weighted by atomic mass is 9.85. The second kappa shape index (κ2) is 13.1. The molecule has 1 aromatic heterocycles. The summed E-state index contributed by atoms with van der Waals surface area (Å²) in [5.74, 6) is -1.32. The van der Waals surface area contributed by atoms with Crippen LogP contribution in [-0.4, -0.2) is 40.1 Å². The minimum absolute atomic E-state index is 0.137. The molecule has 3 N–H and O–H groups in total. The minimum atomic E-state index is -4.88. The SMILES string of the molecule is CNC(=O)c1cccc(CN2CCC3(CC2)OCc2c3c(=O)n(C[C@H](N)c3ccccc3)c(=O)n2Cc2c(F)cccc2C(F)(F)F)c1. The van der Waals surface area contributed by atoms with Crippen LogP contribution in [0.3, 0.4) is 0 Å². The number of alkyl halides is 3. The normalized spacial score (nSPS) is 16.5. The van der Waals surface area contributed by atoms with Crippen molar-refractivity contribution in [2.75, 3.05) is 20.1 Å². The molecule has 2 aliphatic rings. The Bertz CT molecular complexity index is 1950. The number of aromatic nitrogens is 2. The molecule has 0 unspecified atom stereocenters. The molecule has 1 amide bonds. The first-order valence-corrected chi connectivity index (χ1v) is 15.6. The maximum absolute atomic E-state index is 15.1. The van der Waals surface area contributed by atoms with Gasteiger partial charge < -0.3 is 15.8 Å². The predicted octanol–water partition coefficient (Wildman–Crippen LogP) is 4.30. The van der Waals surface area contributed by atoms with Crippen LogP contribution in [-0.2, 0) is 42.8 Å². The van der Waals surface area contributed by atoms with E-state index in [0.29, 0.717) is 43.6 Å². The van der Waals surface area contributed by atoms with E-state index in [-0.39, 0.29) is 30.3 Å². The number of nitrogens with two attached hydrogens (primary N) is 1. The highest BCUT2D eigenvalue weighted by atomic mass is 19.4. The van der Waals surface area contributed by atoms with Gasteiger partial charge in [0.25, 0.3) is 11.5 Å². The topological polar surface area (TPSA) is 112 Å². The Labute approximate surface area is 273 Å². The number of benzene rings is 3. The van der Waals surface area contributed by atoms with Crippen molar-refractivity contribution in [3.8, 4) is 0 Å². The summed E-state index contributed by atoms with van der Waals surface area (Å²) in [6.07, 6.45) is -4.15. The lowest BCUT2D eigenvalue weighted by Gasteiger charge is -2.39. The highest BCUT2D eigenvalue weighted by Gasteiger charge is 2.47. The molecule has 3 heterocycles. The fourth-order valence-corrected chi connectivity index (χ4v) is 6.78. The van der Waals surface area contributed by atoms with Gasteiger partial charge in [0.05, 0.1) is 36.5 Å². The van der Waals surface area contributed by atoms with Gasteiger partial charge in [-0.1, -0.05) is 48.5 Å². The summed E-state index contributed by atoms with van der Waals surface area (Å²) < 4.78 is 65.3. The molecule has 252 valence electrons. The lowest BCUT2D eigenvalue weighted by Crippen LogP contribution is -2.49. The van der Waals surface area contributed by atoms with Crippen molar-refractivity contribution in [3.63, 3.8) is 0 Å². The molecule has 1 atom stereocenters. The second-order valence-corrected chi connectivity index (χ2v) is 12.2. The van der Waals surface area contributed by atoms with Crippen LogP contribution >= 0.6 is 0 Å². The van der Waals surface area contributed by atoms with Crippen LogP contribution in [0.4, 0.5) is 17.6 Å². The van der Waals surface area contributed by atoms with Crippen LogP contribution in [0, 0.1) is 5.82 Å². The Morgan fingerprint density at radius 3 is 2.38 bits per heavy atom. The summed E-state index contributed by atoms with van der Waals surface area (Å²) >= 11 is 0. The molecular formula is C35H35F4N5O4. The molecule has 6 rings (SSSR count). The third-order valence-electron chi connectivity index (χ3n) is 9.31. The zero-order chi connectivity index (χ0) is 34.2. The van der Waals surface area contributed by atoms with Crippen molar-refractivity contribution in [3.05, 3.63) is 139 Å². The van der Waals surface area contributed by atoms with Gasteiger partial charge in [-0.25, -0.2) is 9.18 Å². The predicted molar refractivity (Wildman–Crippen MR) is 170 cm³/mol. The van der Waals surface area contributed by atoms with Gasteiger partial charge in [0.15, 0.2) is 0 Å². The zero-order valence-electron chi connectivity index (χ0n) is 26.2. The minimum Gasteiger partial charge on any atom is -0.364 e. The smallest absolute Gasteiger partial charge is 0.364 e. The largest absolute Gasteiger partial charge is 0.416 e. The standard InChI is InChI=1S/C35H35F4N5O4/c1-41-31(45)24-10-5-7-22(17-24)18-42-15-13-34(14-16-42)30-29(21-48-34)43(19-25-26(35(37,38)39)11-6-12-27(25)36)33(47)44(32(30)46)20-28(40)23-8-3-2-4-9-23/h2-12,17,28H,13-16,18-21,40H2,1H3,(H,41,45)/t28-/m0/s1. The van der Waals surface area contributed by atoms with Crippen molar-refractivity contribution in [1.29, 1.82) is 0 Å². The van der Waals surface area contributed by atoms with Crippen LogP contribution in [0.5, 0.6) is 0 Å². The van der Waals surface area contributed by atoms with E-state index in [4.69, 9.17) is 10.5 Å². The summed E-state index contributed by atoms with van der Waals surface area (Å²) in [5.41, 5.74) is 4.35. The number of nitrogens with zero attached hydrogens (tertiary/aromatic N) is 3. The molecule has 0 radical (unpaired) electrons. The van der Waals surface area contributed by atoms with Crippen LogP contribution in [0.25, 0.3) is 0 Å². The number of halogens is 4. The summed E-state index contributed by atoms with van der Waals surface area (Å²) in [4.78, 5) is 42.5. The van der Waals surface area contributed by atoms with Gasteiger partial charge in [-0.05, 0) is 48.2 Å². The number of ether oxygens (including phenoxy) is 1. The average molecular weight is 666 g/mol. The molecule has 1 fully saturated rings. The Morgan fingerprint density at radius 2 is 1.69 bits per heavy atom. The zero-order valence-corrected chi connectivity index (χ0v) is 26.2. The fraction of sp³-hybridized carbons (Fsp3) is 0.343. The molecule has 3 aromatic carbocycles. The summed E-state index contributed by atoms with van der Waals surface area (Å²) in [6.45, 7) is 0.333. The van der Waals surface area contributed by atoms with E-state index in [2.05, 4.69) is 10.2 Å². The summed E-state index contributed by atoms with van der Waals surface area (Å²) in [5, 5.41) is 2.61. The highest BCUT2D eigenvalue weighted by molar-refractivity contribution is 5.94. The van der Waals surface area contributed by atoms with Crippen molar-refractivity contribution >= 4 is 5.91 Å². The lowest BCUT2D eigenvalue weighted by molar-refractivity contribution is -0.138. The van der Waals surface area contributed by atoms with Gasteiger partial charge >= 0.3 is 11.9 Å². The fourth-order valence-electron chi connectivity index (χ4n) is 6.78. The Hall–Kier alpha value is -4.59. The molecule has 48 heavy (non-hydrogen) atoms. The molecule has 1 saturated heterocycles. The Balaban J connectivity index is 1.38. The number of carbonyl (C=O) groups excluding carboxylic acids is 1. The summed E-state index contributed by atoms with van der Waals surface area (Å²) in [6, 6.07) is 18.0. The van der Waals surface area contributed by atoms with Gasteiger partial charge in [0.2, 0.25) is 0 Å². The maximum Gasteiger partial charge on any atom is 0.416 e. The van der Waals surface area contributed by atoms with Gasteiger partial charge in [-0.15, -0.1) is 0 Å². The van der Waals surface area contributed by atoms with Gasteiger partial charge in [0, 0.05) is 43.9 Å². The Morgan fingerprint density at radius 1 is 0.979 bits per heavy atom. The van der Waals surface area contributed by atoms with Gasteiger partial charge in [-0.2, -0.15) is 13.2 Å². The van der Waals surface area contributed by atoms with Crippen molar-refractivity contribution in [2.24, 2.45) is 5.73 Å². The molecule has 13 heteroatoms. The number of hydrogen-bond acceptors (Lipinski definition) is 6. The first-order valence-electron chi connectivity index (χ1n) is 15.6. The number of carbonyl (C=O) groups is 1. The van der Waals surface area contributed by atoms with Crippen LogP contribution in [0.1, 0.15) is 62.8 Å². The quantitative estimate of drug-likeness (QED) is 0.272. The number of fused-ring (bicyclic) bond motifs is 2. The first-order chi connectivity index (χ1) is 22.9. The maximum atomic E-state index is 15.1. The van der Waals surface area contributed by atoms with Crippen LogP contribution < -0.4 is 22.3 Å². The summed E-state index contributed by atoms with van der Waals surface area (Å²) in [7, 11) is 1.56. The van der Waals surface area contributed by atoms with Crippen molar-refractivity contribution < 1.29 is 27.1 Å². The van der Waals surface area contributed by atoms with Gasteiger partial charge in [0.1, 0.15) is 11.4 Å². The molecular weight excluding hydrogens is 630 g/mol. The molecule has 0 saturated carbocycles. The highest BCUT2D eigenvalue weighted by Crippen LogP contribution is 2.43. The van der Waals surface area contributed by atoms with Crippen LogP contribution in [0.15, 0.2) is 82.4 Å². The monoisotopic (exact) mass is 665 g/mol. The number of piperidine rings is 1. The van der Waals surface area contributed by atoms with E-state index in [1.54, 1.807) is 43.4 Å². The van der Waals surface area contributed by atoms with E-state index in [1.165, 1.54) is 0 Å². The number of hydrogen-bond donors (Lipinski definition) is 2. The van der Waals surface area contributed by atoms with E-state index >= 15 is 4.39 Å². The second-order valence-electron chi connectivity index (χ2n) is 12.2. The van der Waals surface area contributed by atoms with E-state index in [0.717, 1.165) is 32.9 Å². The number of amides is 1. The van der Waals surface area contributed by atoms with Crippen molar-refractivity contribution in [1.82, 2.24) is 19.4 Å². The van der Waals surface area contributed by atoms with E-state index < -0.39 is 52.6 Å². The molecule has 9 nitrogen and oxygen atoms in total. The molecule has 0 bridgehead atoms. The van der Waals surface area contributed by atoms with Crippen LogP contribution in [0.2, 0.25) is 0 Å². The first kappa shape index (κ1) is 33.3. The van der Waals surface area contributed by atoms with Crippen molar-refractivity contribution in [2.45, 2.75) is 56.9 Å². The third kappa shape index (κ3) is 6.32. The molecule has 0 aliphatic carbocycles.